The summed E-state index contributed by atoms with van der Waals surface area (Å²) >= 11 is 0. The topological polar surface area (TPSA) is 72.8 Å². The van der Waals surface area contributed by atoms with Crippen molar-refractivity contribution in [3.05, 3.63) is 70.8 Å². The van der Waals surface area contributed by atoms with Crippen molar-refractivity contribution in [2.24, 2.45) is 0 Å². The van der Waals surface area contributed by atoms with Crippen LogP contribution in [0.5, 0.6) is 11.5 Å². The molecule has 0 saturated heterocycles. The Morgan fingerprint density at radius 1 is 1.07 bits per heavy atom. The zero-order valence-corrected chi connectivity index (χ0v) is 15.7. The van der Waals surface area contributed by atoms with Crippen molar-refractivity contribution in [1.82, 2.24) is 0 Å². The number of carbonyl (C=O) groups is 2. The van der Waals surface area contributed by atoms with E-state index in [-0.39, 0.29) is 29.1 Å². The first-order valence-electron chi connectivity index (χ1n) is 8.64. The van der Waals surface area contributed by atoms with E-state index in [2.05, 4.69) is 6.58 Å². The molecule has 0 fully saturated rings. The number of hydrogen-bond donors (Lipinski definition) is 1. The number of benzene rings is 2. The van der Waals surface area contributed by atoms with Crippen LogP contribution in [-0.4, -0.2) is 36.5 Å². The number of ketones is 2. The standard InChI is InChI=1S/C22H22O5/c1-5-10-22(2,25)12-13-11-16(26-3)17-18(21(13)27-4)20(24)15-9-7-6-8-14(15)19(17)23/h5-9,11,25H,1,10,12H2,2-4H3/t22-/m0/s1. The van der Waals surface area contributed by atoms with Gasteiger partial charge in [-0.1, -0.05) is 30.3 Å². The Morgan fingerprint density at radius 3 is 2.19 bits per heavy atom. The van der Waals surface area contributed by atoms with Crippen LogP contribution in [0.2, 0.25) is 0 Å². The molecular weight excluding hydrogens is 344 g/mol. The van der Waals surface area contributed by atoms with E-state index >= 15 is 0 Å². The summed E-state index contributed by atoms with van der Waals surface area (Å²) < 4.78 is 11.0. The lowest BCUT2D eigenvalue weighted by Gasteiger charge is -2.27. The second-order valence-electron chi connectivity index (χ2n) is 6.89. The molecule has 0 bridgehead atoms. The predicted octanol–water partition coefficient (Wildman–Crippen LogP) is 3.35. The van der Waals surface area contributed by atoms with Crippen molar-refractivity contribution in [3.63, 3.8) is 0 Å². The van der Waals surface area contributed by atoms with Crippen LogP contribution in [0.3, 0.4) is 0 Å². The Kier molecular flexibility index (Phi) is 4.89. The minimum Gasteiger partial charge on any atom is -0.496 e. The van der Waals surface area contributed by atoms with Crippen LogP contribution >= 0.6 is 0 Å². The van der Waals surface area contributed by atoms with E-state index in [1.807, 2.05) is 0 Å². The smallest absolute Gasteiger partial charge is 0.198 e. The highest BCUT2D eigenvalue weighted by Gasteiger charge is 2.37. The summed E-state index contributed by atoms with van der Waals surface area (Å²) in [7, 11) is 2.90. The summed E-state index contributed by atoms with van der Waals surface area (Å²) in [6.45, 7) is 5.35. The number of aliphatic hydroxyl groups is 1. The molecule has 3 rings (SSSR count). The molecule has 5 nitrogen and oxygen atoms in total. The Bertz CT molecular complexity index is 940. The largest absolute Gasteiger partial charge is 0.496 e. The van der Waals surface area contributed by atoms with E-state index in [0.717, 1.165) is 0 Å². The van der Waals surface area contributed by atoms with Crippen LogP contribution in [0.4, 0.5) is 0 Å². The van der Waals surface area contributed by atoms with Crippen molar-refractivity contribution in [1.29, 1.82) is 0 Å². The van der Waals surface area contributed by atoms with Gasteiger partial charge in [0.05, 0.1) is 30.9 Å². The van der Waals surface area contributed by atoms with Crippen molar-refractivity contribution < 1.29 is 24.2 Å². The number of fused-ring (bicyclic) bond motifs is 2. The summed E-state index contributed by atoms with van der Waals surface area (Å²) in [5.41, 5.74) is 0.594. The zero-order valence-electron chi connectivity index (χ0n) is 15.7. The Labute approximate surface area is 158 Å². The van der Waals surface area contributed by atoms with Gasteiger partial charge in [0, 0.05) is 23.1 Å². The molecule has 1 atom stereocenters. The molecule has 1 aliphatic carbocycles. The fourth-order valence-electron chi connectivity index (χ4n) is 3.60. The van der Waals surface area contributed by atoms with Crippen LogP contribution in [-0.2, 0) is 6.42 Å². The molecule has 2 aromatic rings. The molecule has 0 unspecified atom stereocenters. The first kappa shape index (κ1) is 18.9. The molecule has 0 aliphatic heterocycles. The minimum absolute atomic E-state index is 0.185. The first-order valence-corrected chi connectivity index (χ1v) is 8.64. The normalized spacial score (nSPS) is 14.8. The molecule has 1 aliphatic rings. The van der Waals surface area contributed by atoms with Gasteiger partial charge in [0.25, 0.3) is 0 Å². The highest BCUT2D eigenvalue weighted by Crippen LogP contribution is 2.42. The maximum Gasteiger partial charge on any atom is 0.198 e. The lowest BCUT2D eigenvalue weighted by molar-refractivity contribution is 0.0629. The Balaban J connectivity index is 2.27. The third-order valence-electron chi connectivity index (χ3n) is 4.77. The summed E-state index contributed by atoms with van der Waals surface area (Å²) in [6.07, 6.45) is 2.22. The van der Waals surface area contributed by atoms with E-state index in [1.54, 1.807) is 43.3 Å². The van der Waals surface area contributed by atoms with Gasteiger partial charge < -0.3 is 14.6 Å². The van der Waals surface area contributed by atoms with Gasteiger partial charge in [-0.25, -0.2) is 0 Å². The van der Waals surface area contributed by atoms with Crippen LogP contribution in [0.25, 0.3) is 0 Å². The van der Waals surface area contributed by atoms with Crippen molar-refractivity contribution in [2.45, 2.75) is 25.4 Å². The van der Waals surface area contributed by atoms with Gasteiger partial charge in [0.1, 0.15) is 11.5 Å². The molecule has 2 aromatic carbocycles. The van der Waals surface area contributed by atoms with Crippen molar-refractivity contribution >= 4 is 11.6 Å². The average Bonchev–Trinajstić information content (AvgIpc) is 2.64. The van der Waals surface area contributed by atoms with E-state index in [9.17, 15) is 14.7 Å². The van der Waals surface area contributed by atoms with Gasteiger partial charge in [-0.2, -0.15) is 0 Å². The quantitative estimate of drug-likeness (QED) is 0.678. The van der Waals surface area contributed by atoms with Gasteiger partial charge in [-0.3, -0.25) is 9.59 Å². The Morgan fingerprint density at radius 2 is 1.67 bits per heavy atom. The molecule has 0 spiro atoms. The molecule has 1 N–H and O–H groups in total. The number of carbonyl (C=O) groups excluding carboxylic acids is 2. The summed E-state index contributed by atoms with van der Waals surface area (Å²) in [5, 5.41) is 10.6. The number of methoxy groups -OCH3 is 2. The predicted molar refractivity (Wildman–Crippen MR) is 102 cm³/mol. The van der Waals surface area contributed by atoms with Crippen molar-refractivity contribution in [3.8, 4) is 11.5 Å². The number of ether oxygens (including phenoxy) is 2. The molecule has 0 amide bonds. The van der Waals surface area contributed by atoms with Gasteiger partial charge in [0.2, 0.25) is 0 Å². The van der Waals surface area contributed by atoms with Crippen LogP contribution in [0.1, 0.15) is 50.8 Å². The number of rotatable bonds is 6. The molecule has 0 radical (unpaired) electrons. The van der Waals surface area contributed by atoms with Crippen LogP contribution < -0.4 is 9.47 Å². The highest BCUT2D eigenvalue weighted by molar-refractivity contribution is 6.30. The lowest BCUT2D eigenvalue weighted by atomic mass is 9.80. The second-order valence-corrected chi connectivity index (χ2v) is 6.89. The van der Waals surface area contributed by atoms with Gasteiger partial charge >= 0.3 is 0 Å². The molecule has 0 saturated carbocycles. The maximum atomic E-state index is 13.2. The fraction of sp³-hybridized carbons (Fsp3) is 0.273. The molecular formula is C22H22O5. The van der Waals surface area contributed by atoms with Crippen LogP contribution in [0.15, 0.2) is 43.0 Å². The monoisotopic (exact) mass is 366 g/mol. The maximum absolute atomic E-state index is 13.2. The highest BCUT2D eigenvalue weighted by atomic mass is 16.5. The van der Waals surface area contributed by atoms with Gasteiger partial charge in [-0.15, -0.1) is 6.58 Å². The minimum atomic E-state index is -1.08. The third kappa shape index (κ3) is 3.15. The van der Waals surface area contributed by atoms with E-state index in [1.165, 1.54) is 14.2 Å². The zero-order chi connectivity index (χ0) is 19.8. The Hall–Kier alpha value is -2.92. The lowest BCUT2D eigenvalue weighted by Crippen LogP contribution is -2.28. The molecule has 27 heavy (non-hydrogen) atoms. The summed E-state index contributed by atoms with van der Waals surface area (Å²) in [5.74, 6) is 0.0198. The molecule has 5 heteroatoms. The van der Waals surface area contributed by atoms with Crippen LogP contribution in [0, 0.1) is 0 Å². The fourth-order valence-corrected chi connectivity index (χ4v) is 3.60. The SMILES string of the molecule is C=CC[C@](C)(O)Cc1cc(OC)c2c(c1OC)C(=O)c1ccccc1C2=O. The molecule has 140 valence electrons. The molecule has 0 heterocycles. The average molecular weight is 366 g/mol. The van der Waals surface area contributed by atoms with Crippen molar-refractivity contribution in [2.75, 3.05) is 14.2 Å². The van der Waals surface area contributed by atoms with Gasteiger partial charge in [-0.05, 0) is 19.4 Å². The summed E-state index contributed by atoms with van der Waals surface area (Å²) in [4.78, 5) is 26.2. The number of hydrogen-bond acceptors (Lipinski definition) is 5. The third-order valence-corrected chi connectivity index (χ3v) is 4.77. The first-order chi connectivity index (χ1) is 12.8. The van der Waals surface area contributed by atoms with Gasteiger partial charge in [0.15, 0.2) is 11.6 Å². The second kappa shape index (κ2) is 7.00. The van der Waals surface area contributed by atoms with E-state index in [4.69, 9.17) is 9.47 Å². The molecule has 0 aromatic heterocycles. The van der Waals surface area contributed by atoms with E-state index < -0.39 is 5.60 Å². The van der Waals surface area contributed by atoms with E-state index in [0.29, 0.717) is 34.6 Å². The summed E-state index contributed by atoms with van der Waals surface area (Å²) in [6, 6.07) is 8.36.